The van der Waals surface area contributed by atoms with Gasteiger partial charge in [0.15, 0.2) is 23.7 Å². The van der Waals surface area contributed by atoms with Crippen LogP contribution in [0.5, 0.6) is 11.5 Å². The molecule has 8 heteroatoms. The second-order valence-corrected chi connectivity index (χ2v) is 8.61. The van der Waals surface area contributed by atoms with Crippen LogP contribution >= 0.6 is 0 Å². The molecule has 8 nitrogen and oxygen atoms in total. The van der Waals surface area contributed by atoms with E-state index in [2.05, 4.69) is 12.1 Å². The van der Waals surface area contributed by atoms with E-state index in [-0.39, 0.29) is 19.3 Å². The molecule has 0 N–H and O–H groups in total. The van der Waals surface area contributed by atoms with Crippen LogP contribution in [0.2, 0.25) is 0 Å². The van der Waals surface area contributed by atoms with Gasteiger partial charge in [0.25, 0.3) is 0 Å². The van der Waals surface area contributed by atoms with E-state index in [1.165, 1.54) is 11.1 Å². The lowest BCUT2D eigenvalue weighted by atomic mass is 9.84. The van der Waals surface area contributed by atoms with E-state index in [0.29, 0.717) is 30.3 Å². The second-order valence-electron chi connectivity index (χ2n) is 8.61. The van der Waals surface area contributed by atoms with E-state index < -0.39 is 30.1 Å². The third-order valence-electron chi connectivity index (χ3n) is 6.28. The van der Waals surface area contributed by atoms with Crippen LogP contribution in [0.1, 0.15) is 50.3 Å². The summed E-state index contributed by atoms with van der Waals surface area (Å²) >= 11 is 0. The van der Waals surface area contributed by atoms with Gasteiger partial charge < -0.3 is 28.4 Å². The van der Waals surface area contributed by atoms with Gasteiger partial charge in [0.05, 0.1) is 26.2 Å². The van der Waals surface area contributed by atoms with Crippen molar-refractivity contribution in [1.82, 2.24) is 0 Å². The Morgan fingerprint density at radius 3 is 1.86 bits per heavy atom. The van der Waals surface area contributed by atoms with Crippen LogP contribution in [0.15, 0.2) is 42.5 Å². The van der Waals surface area contributed by atoms with E-state index in [4.69, 9.17) is 28.4 Å². The van der Waals surface area contributed by atoms with Crippen molar-refractivity contribution in [2.24, 2.45) is 5.92 Å². The monoisotopic (exact) mass is 514 g/mol. The van der Waals surface area contributed by atoms with Gasteiger partial charge in [-0.2, -0.15) is 0 Å². The van der Waals surface area contributed by atoms with Crippen molar-refractivity contribution in [3.05, 3.63) is 59.2 Å². The zero-order valence-corrected chi connectivity index (χ0v) is 22.4. The molecule has 0 spiro atoms. The molecule has 0 saturated carbocycles. The molecule has 37 heavy (non-hydrogen) atoms. The van der Waals surface area contributed by atoms with E-state index in [1.807, 2.05) is 26.0 Å². The number of benzene rings is 2. The Morgan fingerprint density at radius 2 is 1.38 bits per heavy atom. The highest BCUT2D eigenvalue weighted by atomic mass is 16.7. The summed E-state index contributed by atoms with van der Waals surface area (Å²) in [4.78, 5) is 26.2. The van der Waals surface area contributed by atoms with Crippen LogP contribution in [-0.2, 0) is 41.4 Å². The maximum Gasteiger partial charge on any atom is 0.321 e. The summed E-state index contributed by atoms with van der Waals surface area (Å²) in [6, 6.07) is 13.6. The van der Waals surface area contributed by atoms with E-state index in [1.54, 1.807) is 39.2 Å². The third kappa shape index (κ3) is 7.02. The van der Waals surface area contributed by atoms with Crippen LogP contribution in [0, 0.1) is 5.92 Å². The fraction of sp³-hybridized carbons (Fsp3) is 0.517. The van der Waals surface area contributed by atoms with Gasteiger partial charge in [-0.25, -0.2) is 0 Å². The number of hydrogen-bond donors (Lipinski definition) is 0. The van der Waals surface area contributed by atoms with Gasteiger partial charge in [-0.15, -0.1) is 0 Å². The Morgan fingerprint density at radius 1 is 0.811 bits per heavy atom. The first kappa shape index (κ1) is 28.5. The lowest BCUT2D eigenvalue weighted by Crippen LogP contribution is -2.41. The van der Waals surface area contributed by atoms with Gasteiger partial charge >= 0.3 is 11.9 Å². The van der Waals surface area contributed by atoms with Crippen molar-refractivity contribution < 1.29 is 38.0 Å². The molecule has 0 aliphatic heterocycles. The van der Waals surface area contributed by atoms with Crippen LogP contribution in [-0.4, -0.2) is 57.9 Å². The van der Waals surface area contributed by atoms with Gasteiger partial charge in [0, 0.05) is 26.1 Å². The van der Waals surface area contributed by atoms with Crippen LogP contribution in [0.25, 0.3) is 0 Å². The number of carbonyl (C=O) groups is 2. The largest absolute Gasteiger partial charge is 0.493 e. The second kappa shape index (κ2) is 14.0. The molecular weight excluding hydrogens is 476 g/mol. The molecule has 1 atom stereocenters. The molecule has 1 unspecified atom stereocenters. The highest BCUT2D eigenvalue weighted by Crippen LogP contribution is 2.39. The van der Waals surface area contributed by atoms with Gasteiger partial charge in [-0.3, -0.25) is 9.59 Å². The molecule has 1 aliphatic rings. The number of hydrogen-bond acceptors (Lipinski definition) is 8. The zero-order valence-electron chi connectivity index (χ0n) is 22.4. The fourth-order valence-corrected chi connectivity index (χ4v) is 4.72. The molecule has 0 saturated heterocycles. The van der Waals surface area contributed by atoms with Gasteiger partial charge in [0.2, 0.25) is 0 Å². The molecule has 0 amide bonds. The molecule has 0 bridgehead atoms. The Kier molecular flexibility index (Phi) is 10.8. The number of fused-ring (bicyclic) bond motifs is 1. The summed E-state index contributed by atoms with van der Waals surface area (Å²) in [5, 5.41) is 0. The first-order chi connectivity index (χ1) is 18.0. The van der Waals surface area contributed by atoms with Crippen molar-refractivity contribution in [2.75, 3.05) is 33.5 Å². The van der Waals surface area contributed by atoms with Gasteiger partial charge in [-0.1, -0.05) is 30.3 Å². The summed E-state index contributed by atoms with van der Waals surface area (Å²) in [6.45, 7) is 7.91. The Balaban J connectivity index is 2.03. The predicted molar refractivity (Wildman–Crippen MR) is 138 cm³/mol. The molecule has 0 aromatic heterocycles. The van der Waals surface area contributed by atoms with Crippen molar-refractivity contribution >= 4 is 11.9 Å². The van der Waals surface area contributed by atoms with Gasteiger partial charge in [0.1, 0.15) is 6.10 Å². The summed E-state index contributed by atoms with van der Waals surface area (Å²) in [5.41, 5.74) is 3.14. The highest BCUT2D eigenvalue weighted by Gasteiger charge is 2.44. The summed E-state index contributed by atoms with van der Waals surface area (Å²) in [7, 11) is 1.58. The number of esters is 2. The topological polar surface area (TPSA) is 89.5 Å². The smallest absolute Gasteiger partial charge is 0.321 e. The maximum absolute atomic E-state index is 13.1. The summed E-state index contributed by atoms with van der Waals surface area (Å²) in [5.74, 6) is -2.46. The number of carbonyl (C=O) groups excluding carboxylic acids is 2. The number of rotatable bonds is 14. The Bertz CT molecular complexity index is 987. The van der Waals surface area contributed by atoms with E-state index in [0.717, 1.165) is 12.8 Å². The minimum absolute atomic E-state index is 0.0690. The molecule has 0 fully saturated rings. The maximum atomic E-state index is 13.1. The zero-order chi connectivity index (χ0) is 26.8. The molecule has 0 heterocycles. The van der Waals surface area contributed by atoms with E-state index in [9.17, 15) is 9.59 Å². The third-order valence-corrected chi connectivity index (χ3v) is 6.28. The lowest BCUT2D eigenvalue weighted by molar-refractivity contribution is -0.183. The molecule has 0 radical (unpaired) electrons. The molecule has 3 rings (SSSR count). The lowest BCUT2D eigenvalue weighted by Gasteiger charge is -2.31. The molecule has 202 valence electrons. The molecule has 2 aromatic carbocycles. The Labute approximate surface area is 219 Å². The normalized spacial score (nSPS) is 13.9. The van der Waals surface area contributed by atoms with Crippen LogP contribution in [0.4, 0.5) is 0 Å². The minimum Gasteiger partial charge on any atom is -0.493 e. The SMILES string of the molecule is CCOC(=O)C(C(=O)OCC)C(c1ccc(OC)c(OC2Cc3ccccc3C2)c1)C(OCC)OCC. The van der Waals surface area contributed by atoms with Crippen LogP contribution in [0.3, 0.4) is 0 Å². The van der Waals surface area contributed by atoms with E-state index >= 15 is 0 Å². The van der Waals surface area contributed by atoms with Crippen molar-refractivity contribution in [2.45, 2.75) is 58.8 Å². The quantitative estimate of drug-likeness (QED) is 0.207. The van der Waals surface area contributed by atoms with Crippen LogP contribution < -0.4 is 9.47 Å². The standard InChI is InChI=1S/C29H38O8/c1-6-33-27(30)26(28(31)34-7-2)25(29(35-8-3)36-9-4)21-14-15-23(32-5)24(18-21)37-22-16-19-12-10-11-13-20(19)17-22/h10-15,18,22,25-26,29H,6-9,16-17H2,1-5H3. The fourth-order valence-electron chi connectivity index (χ4n) is 4.72. The van der Waals surface area contributed by atoms with Crippen molar-refractivity contribution in [3.63, 3.8) is 0 Å². The van der Waals surface area contributed by atoms with Crippen molar-refractivity contribution in [1.29, 1.82) is 0 Å². The molecule has 2 aromatic rings. The average molecular weight is 515 g/mol. The van der Waals surface area contributed by atoms with Crippen molar-refractivity contribution in [3.8, 4) is 11.5 Å². The summed E-state index contributed by atoms with van der Waals surface area (Å²) in [6.07, 6.45) is 0.593. The first-order valence-electron chi connectivity index (χ1n) is 12.9. The minimum atomic E-state index is -1.29. The molecular formula is C29H38O8. The predicted octanol–water partition coefficient (Wildman–Crippen LogP) is 4.47. The van der Waals surface area contributed by atoms with Gasteiger partial charge in [-0.05, 0) is 56.5 Å². The number of methoxy groups -OCH3 is 1. The first-order valence-corrected chi connectivity index (χ1v) is 12.9. The number of ether oxygens (including phenoxy) is 6. The Hall–Kier alpha value is -3.10. The molecule has 1 aliphatic carbocycles. The highest BCUT2D eigenvalue weighted by molar-refractivity contribution is 5.96. The average Bonchev–Trinajstić information content (AvgIpc) is 3.29. The summed E-state index contributed by atoms with van der Waals surface area (Å²) < 4.78 is 34.4.